The summed E-state index contributed by atoms with van der Waals surface area (Å²) >= 11 is 0. The van der Waals surface area contributed by atoms with Gasteiger partial charge in [-0.3, -0.25) is 14.4 Å². The number of amides is 2. The van der Waals surface area contributed by atoms with E-state index in [0.717, 1.165) is 16.8 Å². The van der Waals surface area contributed by atoms with E-state index in [1.807, 2.05) is 32.0 Å². The first-order chi connectivity index (χ1) is 12.3. The number of ketones is 1. The van der Waals surface area contributed by atoms with Crippen LogP contribution in [0.4, 0.5) is 11.4 Å². The minimum absolute atomic E-state index is 0.0566. The van der Waals surface area contributed by atoms with Gasteiger partial charge in [0, 0.05) is 36.8 Å². The zero-order valence-electron chi connectivity index (χ0n) is 15.6. The highest BCUT2D eigenvalue weighted by molar-refractivity contribution is 5.98. The number of hydrogen-bond acceptors (Lipinski definition) is 3. The summed E-state index contributed by atoms with van der Waals surface area (Å²) in [5.74, 6) is -0.365. The summed E-state index contributed by atoms with van der Waals surface area (Å²) < 4.78 is 0. The molecule has 2 aromatic carbocycles. The molecule has 26 heavy (non-hydrogen) atoms. The van der Waals surface area contributed by atoms with Gasteiger partial charge < -0.3 is 10.2 Å². The van der Waals surface area contributed by atoms with Crippen molar-refractivity contribution in [3.8, 4) is 0 Å². The number of carbonyl (C=O) groups excluding carboxylic acids is 3. The molecule has 0 fully saturated rings. The van der Waals surface area contributed by atoms with Crippen molar-refractivity contribution in [2.45, 2.75) is 34.1 Å². The van der Waals surface area contributed by atoms with Crippen molar-refractivity contribution in [3.05, 3.63) is 59.2 Å². The van der Waals surface area contributed by atoms with Crippen LogP contribution in [0.3, 0.4) is 0 Å². The van der Waals surface area contributed by atoms with E-state index in [9.17, 15) is 14.4 Å². The lowest BCUT2D eigenvalue weighted by Crippen LogP contribution is -2.33. The number of Topliss-reactive ketones (excluding diaryl/α,β-unsaturated/α-hetero) is 1. The highest BCUT2D eigenvalue weighted by atomic mass is 16.2. The Balaban J connectivity index is 2.08. The fraction of sp³-hybridized carbons (Fsp3) is 0.286. The van der Waals surface area contributed by atoms with Crippen LogP contribution in [0.5, 0.6) is 0 Å². The Morgan fingerprint density at radius 3 is 2.15 bits per heavy atom. The largest absolute Gasteiger partial charge is 0.326 e. The van der Waals surface area contributed by atoms with Crippen LogP contribution in [0.1, 0.15) is 41.8 Å². The zero-order chi connectivity index (χ0) is 19.3. The maximum absolute atomic E-state index is 12.3. The maximum atomic E-state index is 12.3. The van der Waals surface area contributed by atoms with Crippen molar-refractivity contribution >= 4 is 29.0 Å². The number of nitrogens with one attached hydrogen (secondary N) is 1. The molecular formula is C21H24N2O3. The molecule has 1 N–H and O–H groups in total. The number of carbonyl (C=O) groups is 3. The average Bonchev–Trinajstić information content (AvgIpc) is 2.57. The Labute approximate surface area is 154 Å². The van der Waals surface area contributed by atoms with Gasteiger partial charge in [-0.25, -0.2) is 0 Å². The molecule has 2 rings (SSSR count). The van der Waals surface area contributed by atoms with Crippen LogP contribution in [-0.2, 0) is 9.59 Å². The highest BCUT2D eigenvalue weighted by Crippen LogP contribution is 2.25. The van der Waals surface area contributed by atoms with Crippen LogP contribution in [0.25, 0.3) is 0 Å². The van der Waals surface area contributed by atoms with E-state index in [4.69, 9.17) is 0 Å². The second-order valence-electron chi connectivity index (χ2n) is 6.35. The third-order valence-electron chi connectivity index (χ3n) is 4.20. The van der Waals surface area contributed by atoms with Gasteiger partial charge in [-0.1, -0.05) is 30.3 Å². The van der Waals surface area contributed by atoms with Gasteiger partial charge in [0.15, 0.2) is 5.78 Å². The number of aryl methyl sites for hydroxylation is 2. The van der Waals surface area contributed by atoms with E-state index < -0.39 is 0 Å². The molecule has 136 valence electrons. The third kappa shape index (κ3) is 4.79. The topological polar surface area (TPSA) is 66.5 Å². The van der Waals surface area contributed by atoms with Crippen LogP contribution < -0.4 is 10.2 Å². The Hall–Kier alpha value is -2.95. The van der Waals surface area contributed by atoms with Gasteiger partial charge in [0.2, 0.25) is 11.8 Å². The van der Waals surface area contributed by atoms with Gasteiger partial charge in [-0.05, 0) is 44.0 Å². The molecule has 0 aromatic heterocycles. The summed E-state index contributed by atoms with van der Waals surface area (Å²) in [6.45, 7) is 7.17. The molecule has 0 radical (unpaired) electrons. The average molecular weight is 352 g/mol. The third-order valence-corrected chi connectivity index (χ3v) is 4.20. The quantitative estimate of drug-likeness (QED) is 0.802. The molecule has 0 atom stereocenters. The van der Waals surface area contributed by atoms with Crippen molar-refractivity contribution in [2.24, 2.45) is 0 Å². The Morgan fingerprint density at radius 2 is 1.58 bits per heavy atom. The van der Waals surface area contributed by atoms with Gasteiger partial charge >= 0.3 is 0 Å². The minimum Gasteiger partial charge on any atom is -0.326 e. The van der Waals surface area contributed by atoms with E-state index in [1.165, 1.54) is 13.8 Å². The van der Waals surface area contributed by atoms with Crippen LogP contribution in [0.15, 0.2) is 42.5 Å². The first-order valence-corrected chi connectivity index (χ1v) is 8.54. The summed E-state index contributed by atoms with van der Waals surface area (Å²) in [6, 6.07) is 12.7. The van der Waals surface area contributed by atoms with E-state index >= 15 is 0 Å². The molecule has 2 amide bonds. The van der Waals surface area contributed by atoms with Gasteiger partial charge in [0.25, 0.3) is 0 Å². The molecule has 0 aliphatic heterocycles. The van der Waals surface area contributed by atoms with Crippen molar-refractivity contribution in [3.63, 3.8) is 0 Å². The first kappa shape index (κ1) is 19.4. The normalized spacial score (nSPS) is 10.3. The molecule has 0 unspecified atom stereocenters. The fourth-order valence-electron chi connectivity index (χ4n) is 2.91. The summed E-state index contributed by atoms with van der Waals surface area (Å²) in [5.41, 5.74) is 3.96. The molecule has 0 saturated heterocycles. The molecule has 0 aliphatic carbocycles. The molecule has 0 bridgehead atoms. The smallest absolute Gasteiger partial charge is 0.226 e. The summed E-state index contributed by atoms with van der Waals surface area (Å²) in [6.07, 6.45) is 0.164. The Bertz CT molecular complexity index is 823. The van der Waals surface area contributed by atoms with Crippen molar-refractivity contribution in [1.29, 1.82) is 0 Å². The van der Waals surface area contributed by atoms with Gasteiger partial charge in [-0.15, -0.1) is 0 Å². The fourth-order valence-corrected chi connectivity index (χ4v) is 2.91. The molecule has 0 heterocycles. The lowest BCUT2D eigenvalue weighted by atomic mass is 10.1. The predicted octanol–water partition coefficient (Wildman–Crippen LogP) is 3.89. The van der Waals surface area contributed by atoms with Gasteiger partial charge in [0.1, 0.15) is 0 Å². The Kier molecular flexibility index (Phi) is 6.28. The summed E-state index contributed by atoms with van der Waals surface area (Å²) in [7, 11) is 0. The lowest BCUT2D eigenvalue weighted by molar-refractivity contribution is -0.117. The van der Waals surface area contributed by atoms with Crippen LogP contribution in [0.2, 0.25) is 0 Å². The van der Waals surface area contributed by atoms with Crippen molar-refractivity contribution < 1.29 is 14.4 Å². The SMILES string of the molecule is CC(=O)c1cccc(NC(=O)CCN(C(C)=O)c2c(C)cccc2C)c1. The van der Waals surface area contributed by atoms with Crippen LogP contribution in [-0.4, -0.2) is 24.1 Å². The summed E-state index contributed by atoms with van der Waals surface area (Å²) in [5, 5.41) is 2.78. The molecule has 5 nitrogen and oxygen atoms in total. The summed E-state index contributed by atoms with van der Waals surface area (Å²) in [4.78, 5) is 37.5. The second-order valence-corrected chi connectivity index (χ2v) is 6.35. The number of para-hydroxylation sites is 1. The van der Waals surface area contributed by atoms with Gasteiger partial charge in [0.05, 0.1) is 0 Å². The monoisotopic (exact) mass is 352 g/mol. The number of nitrogens with zero attached hydrogens (tertiary/aromatic N) is 1. The predicted molar refractivity (Wildman–Crippen MR) is 104 cm³/mol. The van der Waals surface area contributed by atoms with E-state index in [1.54, 1.807) is 29.2 Å². The molecule has 5 heteroatoms. The second kappa shape index (κ2) is 8.43. The standard InChI is InChI=1S/C21H24N2O3/c1-14-7-5-8-15(2)21(14)23(17(4)25)12-11-20(26)22-19-10-6-9-18(13-19)16(3)24/h5-10,13H,11-12H2,1-4H3,(H,22,26). The van der Waals surface area contributed by atoms with Crippen LogP contribution in [0, 0.1) is 13.8 Å². The zero-order valence-corrected chi connectivity index (χ0v) is 15.6. The number of rotatable bonds is 6. The number of anilines is 2. The first-order valence-electron chi connectivity index (χ1n) is 8.54. The molecule has 2 aromatic rings. The highest BCUT2D eigenvalue weighted by Gasteiger charge is 2.17. The molecule has 0 saturated carbocycles. The van der Waals surface area contributed by atoms with Crippen molar-refractivity contribution in [1.82, 2.24) is 0 Å². The number of benzene rings is 2. The lowest BCUT2D eigenvalue weighted by Gasteiger charge is -2.25. The van der Waals surface area contributed by atoms with Crippen molar-refractivity contribution in [2.75, 3.05) is 16.8 Å². The Morgan fingerprint density at radius 1 is 0.962 bits per heavy atom. The maximum Gasteiger partial charge on any atom is 0.226 e. The molecular weight excluding hydrogens is 328 g/mol. The molecule has 0 spiro atoms. The number of hydrogen-bond donors (Lipinski definition) is 1. The van der Waals surface area contributed by atoms with E-state index in [2.05, 4.69) is 5.32 Å². The van der Waals surface area contributed by atoms with E-state index in [0.29, 0.717) is 17.8 Å². The van der Waals surface area contributed by atoms with Crippen LogP contribution >= 0.6 is 0 Å². The minimum atomic E-state index is -0.205. The van der Waals surface area contributed by atoms with Gasteiger partial charge in [-0.2, -0.15) is 0 Å². The van der Waals surface area contributed by atoms with E-state index in [-0.39, 0.29) is 24.0 Å². The molecule has 0 aliphatic rings.